The van der Waals surface area contributed by atoms with Crippen molar-refractivity contribution in [2.24, 2.45) is 0 Å². The first-order chi connectivity index (χ1) is 10.6. The summed E-state index contributed by atoms with van der Waals surface area (Å²) in [4.78, 5) is 13.3. The number of halogens is 4. The SMILES string of the molecule is O=C(c1ccccc1Br)N1CCCC=C1OS(=O)(=O)C(F)(F)F. The molecular weight excluding hydrogens is 403 g/mol. The van der Waals surface area contributed by atoms with Gasteiger partial charge >= 0.3 is 15.6 Å². The van der Waals surface area contributed by atoms with E-state index in [0.717, 1.165) is 11.0 Å². The van der Waals surface area contributed by atoms with Crippen LogP contribution in [-0.2, 0) is 14.3 Å². The molecule has 10 heteroatoms. The molecule has 0 bridgehead atoms. The Bertz CT molecular complexity index is 746. The van der Waals surface area contributed by atoms with Crippen LogP contribution < -0.4 is 0 Å². The van der Waals surface area contributed by atoms with E-state index in [0.29, 0.717) is 17.3 Å². The first kappa shape index (κ1) is 17.8. The molecule has 1 amide bonds. The van der Waals surface area contributed by atoms with Gasteiger partial charge in [-0.25, -0.2) is 0 Å². The van der Waals surface area contributed by atoms with Gasteiger partial charge in [0.25, 0.3) is 5.91 Å². The number of hydrogen-bond donors (Lipinski definition) is 0. The molecule has 0 spiro atoms. The molecule has 23 heavy (non-hydrogen) atoms. The van der Waals surface area contributed by atoms with Crippen LogP contribution in [0.15, 0.2) is 40.7 Å². The lowest BCUT2D eigenvalue weighted by Gasteiger charge is -2.28. The van der Waals surface area contributed by atoms with Gasteiger partial charge in [0.15, 0.2) is 0 Å². The number of carbonyl (C=O) groups is 1. The summed E-state index contributed by atoms with van der Waals surface area (Å²) in [6.07, 6.45) is 1.94. The van der Waals surface area contributed by atoms with Gasteiger partial charge in [-0.3, -0.25) is 9.69 Å². The van der Waals surface area contributed by atoms with E-state index >= 15 is 0 Å². The van der Waals surface area contributed by atoms with Crippen LogP contribution in [-0.4, -0.2) is 31.3 Å². The Labute approximate surface area is 139 Å². The number of rotatable bonds is 3. The van der Waals surface area contributed by atoms with E-state index in [2.05, 4.69) is 20.1 Å². The lowest BCUT2D eigenvalue weighted by Crippen LogP contribution is -2.37. The molecule has 1 heterocycles. The molecule has 5 nitrogen and oxygen atoms in total. The maximum Gasteiger partial charge on any atom is 0.534 e. The quantitative estimate of drug-likeness (QED) is 0.562. The molecule has 0 aliphatic carbocycles. The number of alkyl halides is 3. The second-order valence-corrected chi connectivity index (χ2v) is 7.00. The van der Waals surface area contributed by atoms with Gasteiger partial charge in [-0.2, -0.15) is 21.6 Å². The van der Waals surface area contributed by atoms with Crippen molar-refractivity contribution in [3.8, 4) is 0 Å². The lowest BCUT2D eigenvalue weighted by molar-refractivity contribution is -0.0537. The summed E-state index contributed by atoms with van der Waals surface area (Å²) >= 11 is 3.17. The first-order valence-electron chi connectivity index (χ1n) is 6.41. The van der Waals surface area contributed by atoms with Gasteiger partial charge in [0.1, 0.15) is 0 Å². The van der Waals surface area contributed by atoms with E-state index in [9.17, 15) is 26.4 Å². The predicted octanol–water partition coefficient (Wildman–Crippen LogP) is 3.39. The van der Waals surface area contributed by atoms with Crippen molar-refractivity contribution >= 4 is 32.0 Å². The third kappa shape index (κ3) is 3.86. The third-order valence-corrected chi connectivity index (χ3v) is 4.65. The van der Waals surface area contributed by atoms with Crippen molar-refractivity contribution in [2.75, 3.05) is 6.54 Å². The Morgan fingerprint density at radius 3 is 2.52 bits per heavy atom. The number of amides is 1. The second kappa shape index (κ2) is 6.52. The van der Waals surface area contributed by atoms with Gasteiger partial charge in [0.2, 0.25) is 5.88 Å². The highest BCUT2D eigenvalue weighted by molar-refractivity contribution is 9.10. The molecule has 1 aromatic carbocycles. The zero-order chi connectivity index (χ0) is 17.3. The number of allylic oxidation sites excluding steroid dienone is 1. The summed E-state index contributed by atoms with van der Waals surface area (Å²) in [5.74, 6) is -1.28. The zero-order valence-electron chi connectivity index (χ0n) is 11.5. The molecule has 126 valence electrons. The molecule has 1 aliphatic heterocycles. The molecule has 2 rings (SSSR count). The molecular formula is C13H11BrF3NO4S. The fourth-order valence-electron chi connectivity index (χ4n) is 1.92. The smallest absolute Gasteiger partial charge is 0.357 e. The van der Waals surface area contributed by atoms with E-state index < -0.39 is 27.4 Å². The summed E-state index contributed by atoms with van der Waals surface area (Å²) in [7, 11) is -5.83. The maximum atomic E-state index is 12.5. The molecule has 0 fully saturated rings. The van der Waals surface area contributed by atoms with Crippen LogP contribution in [0.4, 0.5) is 13.2 Å². The zero-order valence-corrected chi connectivity index (χ0v) is 13.9. The van der Waals surface area contributed by atoms with Crippen LogP contribution in [0.25, 0.3) is 0 Å². The van der Waals surface area contributed by atoms with E-state index in [1.54, 1.807) is 18.2 Å². The van der Waals surface area contributed by atoms with Crippen molar-refractivity contribution < 1.29 is 30.6 Å². The summed E-state index contributed by atoms with van der Waals surface area (Å²) < 4.78 is 64.2. The van der Waals surface area contributed by atoms with Gasteiger partial charge in [0.05, 0.1) is 5.56 Å². The highest BCUT2D eigenvalue weighted by Gasteiger charge is 2.49. The number of hydrogen-bond acceptors (Lipinski definition) is 4. The van der Waals surface area contributed by atoms with Crippen LogP contribution >= 0.6 is 15.9 Å². The summed E-state index contributed by atoms with van der Waals surface area (Å²) in [5.41, 5.74) is -5.37. The van der Waals surface area contributed by atoms with Crippen molar-refractivity contribution in [1.82, 2.24) is 4.90 Å². The first-order valence-corrected chi connectivity index (χ1v) is 8.61. The largest absolute Gasteiger partial charge is 0.534 e. The molecule has 0 aromatic heterocycles. The molecule has 0 saturated heterocycles. The molecule has 0 unspecified atom stereocenters. The number of nitrogens with zero attached hydrogens (tertiary/aromatic N) is 1. The molecule has 0 radical (unpaired) electrons. The van der Waals surface area contributed by atoms with E-state index in [1.165, 1.54) is 6.07 Å². The van der Waals surface area contributed by atoms with E-state index in [4.69, 9.17) is 0 Å². The van der Waals surface area contributed by atoms with Gasteiger partial charge in [0, 0.05) is 11.0 Å². The Kier molecular flexibility index (Phi) is 5.04. The van der Waals surface area contributed by atoms with Crippen molar-refractivity contribution in [2.45, 2.75) is 18.3 Å². The molecule has 0 N–H and O–H groups in total. The summed E-state index contributed by atoms with van der Waals surface area (Å²) in [6.45, 7) is 0.0549. The predicted molar refractivity (Wildman–Crippen MR) is 78.6 cm³/mol. The Morgan fingerprint density at radius 2 is 1.91 bits per heavy atom. The van der Waals surface area contributed by atoms with Crippen molar-refractivity contribution in [1.29, 1.82) is 0 Å². The van der Waals surface area contributed by atoms with Crippen molar-refractivity contribution in [3.63, 3.8) is 0 Å². The minimum absolute atomic E-state index is 0.0549. The monoisotopic (exact) mass is 413 g/mol. The minimum atomic E-state index is -5.83. The van der Waals surface area contributed by atoms with Gasteiger partial charge in [-0.15, -0.1) is 0 Å². The second-order valence-electron chi connectivity index (χ2n) is 4.60. The fraction of sp³-hybridized carbons (Fsp3) is 0.308. The van der Waals surface area contributed by atoms with Crippen LogP contribution in [0.5, 0.6) is 0 Å². The highest BCUT2D eigenvalue weighted by atomic mass is 79.9. The molecule has 1 aromatic rings. The van der Waals surface area contributed by atoms with Gasteiger partial charge < -0.3 is 4.18 Å². The third-order valence-electron chi connectivity index (χ3n) is 3.00. The highest BCUT2D eigenvalue weighted by Crippen LogP contribution is 2.30. The minimum Gasteiger partial charge on any atom is -0.357 e. The molecule has 1 aliphatic rings. The maximum absolute atomic E-state index is 12.5. The van der Waals surface area contributed by atoms with Crippen LogP contribution in [0.1, 0.15) is 23.2 Å². The van der Waals surface area contributed by atoms with Crippen molar-refractivity contribution in [3.05, 3.63) is 46.3 Å². The molecule has 0 atom stereocenters. The normalized spacial score (nSPS) is 16.0. The van der Waals surface area contributed by atoms with Crippen LogP contribution in [0.3, 0.4) is 0 Å². The molecule has 0 saturated carbocycles. The topological polar surface area (TPSA) is 63.7 Å². The average molecular weight is 414 g/mol. The Balaban J connectivity index is 2.31. The fourth-order valence-corrected chi connectivity index (χ4v) is 2.85. The number of carbonyl (C=O) groups excluding carboxylic acids is 1. The van der Waals surface area contributed by atoms with E-state index in [-0.39, 0.29) is 12.1 Å². The van der Waals surface area contributed by atoms with Crippen LogP contribution in [0, 0.1) is 0 Å². The van der Waals surface area contributed by atoms with Gasteiger partial charge in [-0.1, -0.05) is 12.1 Å². The van der Waals surface area contributed by atoms with E-state index in [1.807, 2.05) is 0 Å². The Morgan fingerprint density at radius 1 is 1.26 bits per heavy atom. The van der Waals surface area contributed by atoms with Gasteiger partial charge in [-0.05, 0) is 47.0 Å². The van der Waals surface area contributed by atoms with Crippen LogP contribution in [0.2, 0.25) is 0 Å². The summed E-state index contributed by atoms with van der Waals surface area (Å²) in [6, 6.07) is 6.31. The summed E-state index contributed by atoms with van der Waals surface area (Å²) in [5, 5.41) is 0. The Hall–Kier alpha value is -1.55. The number of benzene rings is 1. The lowest BCUT2D eigenvalue weighted by atomic mass is 10.1. The standard InChI is InChI=1S/C13H11BrF3NO4S/c14-10-6-2-1-5-9(10)12(19)18-8-4-3-7-11(18)22-23(20,21)13(15,16)17/h1-2,5-7H,3-4,8H2. The average Bonchev–Trinajstić information content (AvgIpc) is 2.46.